The second-order valence-corrected chi connectivity index (χ2v) is 5.00. The molecule has 0 aliphatic carbocycles. The van der Waals surface area contributed by atoms with Crippen LogP contribution in [-0.4, -0.2) is 48.1 Å². The van der Waals surface area contributed by atoms with Gasteiger partial charge in [0.2, 0.25) is 5.76 Å². The van der Waals surface area contributed by atoms with Crippen LogP contribution in [0, 0.1) is 0 Å². The lowest BCUT2D eigenvalue weighted by Crippen LogP contribution is -2.48. The molecule has 0 amide bonds. The van der Waals surface area contributed by atoms with Crippen molar-refractivity contribution < 1.29 is 23.8 Å². The summed E-state index contributed by atoms with van der Waals surface area (Å²) >= 11 is 0. The largest absolute Gasteiger partial charge is 0.475 e. The second-order valence-electron chi connectivity index (χ2n) is 5.00. The first-order chi connectivity index (χ1) is 9.19. The molecule has 0 atom stereocenters. The van der Waals surface area contributed by atoms with Crippen molar-refractivity contribution in [2.24, 2.45) is 0 Å². The molecule has 2 aliphatic rings. The number of furan rings is 1. The van der Waals surface area contributed by atoms with Crippen LogP contribution in [0.15, 0.2) is 16.7 Å². The van der Waals surface area contributed by atoms with Crippen LogP contribution in [0.1, 0.15) is 29.0 Å². The molecular formula is C13H17NO5. The fraction of sp³-hybridized carbons (Fsp3) is 0.615. The lowest BCUT2D eigenvalue weighted by Gasteiger charge is -2.38. The third kappa shape index (κ3) is 2.51. The molecule has 1 spiro atoms. The smallest absolute Gasteiger partial charge is 0.372 e. The fourth-order valence-corrected chi connectivity index (χ4v) is 2.83. The Bertz CT molecular complexity index is 463. The molecule has 2 aliphatic heterocycles. The summed E-state index contributed by atoms with van der Waals surface area (Å²) < 4.78 is 16.4. The Balaban J connectivity index is 1.69. The van der Waals surface area contributed by atoms with Crippen molar-refractivity contribution in [1.82, 2.24) is 4.90 Å². The van der Waals surface area contributed by atoms with Gasteiger partial charge in [0.15, 0.2) is 5.79 Å². The monoisotopic (exact) mass is 267 g/mol. The lowest BCUT2D eigenvalue weighted by atomic mass is 10.0. The minimum Gasteiger partial charge on any atom is -0.475 e. The number of ether oxygens (including phenoxy) is 2. The van der Waals surface area contributed by atoms with E-state index < -0.39 is 11.8 Å². The second kappa shape index (κ2) is 4.96. The van der Waals surface area contributed by atoms with Crippen LogP contribution >= 0.6 is 0 Å². The molecule has 0 bridgehead atoms. The summed E-state index contributed by atoms with van der Waals surface area (Å²) in [4.78, 5) is 13.2. The number of aromatic carboxylic acids is 1. The molecule has 1 aromatic rings. The van der Waals surface area contributed by atoms with Gasteiger partial charge in [0.05, 0.1) is 26.0 Å². The summed E-state index contributed by atoms with van der Waals surface area (Å²) in [6.07, 6.45) is 3.31. The average molecular weight is 267 g/mol. The van der Waals surface area contributed by atoms with E-state index in [4.69, 9.17) is 19.0 Å². The van der Waals surface area contributed by atoms with E-state index in [1.54, 1.807) is 6.07 Å². The SMILES string of the molecule is O=C(O)c1occc1CN1CCCC2(C1)OCCO2. The zero-order valence-corrected chi connectivity index (χ0v) is 10.6. The van der Waals surface area contributed by atoms with Crippen LogP contribution in [0.5, 0.6) is 0 Å². The van der Waals surface area contributed by atoms with Gasteiger partial charge in [0.25, 0.3) is 0 Å². The highest BCUT2D eigenvalue weighted by Gasteiger charge is 2.40. The first-order valence-corrected chi connectivity index (χ1v) is 6.48. The molecule has 6 heteroatoms. The van der Waals surface area contributed by atoms with Gasteiger partial charge in [-0.25, -0.2) is 4.79 Å². The van der Waals surface area contributed by atoms with E-state index in [1.165, 1.54) is 6.26 Å². The van der Waals surface area contributed by atoms with Gasteiger partial charge in [-0.05, 0) is 19.0 Å². The molecule has 0 radical (unpaired) electrons. The van der Waals surface area contributed by atoms with Gasteiger partial charge in [-0.15, -0.1) is 0 Å². The van der Waals surface area contributed by atoms with Crippen molar-refractivity contribution in [2.45, 2.75) is 25.2 Å². The number of carbonyl (C=O) groups is 1. The number of rotatable bonds is 3. The molecule has 2 fully saturated rings. The lowest BCUT2D eigenvalue weighted by molar-refractivity contribution is -0.190. The molecule has 1 aromatic heterocycles. The Morgan fingerprint density at radius 2 is 2.21 bits per heavy atom. The summed E-state index contributed by atoms with van der Waals surface area (Å²) in [6, 6.07) is 1.71. The predicted octanol–water partition coefficient (Wildman–Crippen LogP) is 1.32. The number of likely N-dealkylation sites (tertiary alicyclic amines) is 1. The molecule has 0 unspecified atom stereocenters. The van der Waals surface area contributed by atoms with Gasteiger partial charge >= 0.3 is 5.97 Å². The van der Waals surface area contributed by atoms with E-state index in [9.17, 15) is 4.79 Å². The number of piperidine rings is 1. The molecule has 1 N–H and O–H groups in total. The molecule has 6 nitrogen and oxygen atoms in total. The van der Waals surface area contributed by atoms with Crippen molar-refractivity contribution in [3.05, 3.63) is 23.7 Å². The highest BCUT2D eigenvalue weighted by atomic mass is 16.7. The van der Waals surface area contributed by atoms with Gasteiger partial charge < -0.3 is 19.0 Å². The Hall–Kier alpha value is -1.37. The number of nitrogens with zero attached hydrogens (tertiary/aromatic N) is 1. The van der Waals surface area contributed by atoms with Crippen molar-refractivity contribution >= 4 is 5.97 Å². The minimum atomic E-state index is -1.03. The molecule has 0 aromatic carbocycles. The molecule has 19 heavy (non-hydrogen) atoms. The molecule has 0 saturated carbocycles. The quantitative estimate of drug-likeness (QED) is 0.890. The molecule has 104 valence electrons. The number of carboxylic acids is 1. The first kappa shape index (κ1) is 12.7. The van der Waals surface area contributed by atoms with Gasteiger partial charge in [0.1, 0.15) is 0 Å². The molecular weight excluding hydrogens is 250 g/mol. The van der Waals surface area contributed by atoms with Crippen LogP contribution in [0.2, 0.25) is 0 Å². The van der Waals surface area contributed by atoms with E-state index in [0.29, 0.717) is 31.9 Å². The van der Waals surface area contributed by atoms with Crippen LogP contribution in [0.3, 0.4) is 0 Å². The zero-order chi connectivity index (χ0) is 13.3. The van der Waals surface area contributed by atoms with E-state index in [1.807, 2.05) is 0 Å². The van der Waals surface area contributed by atoms with Gasteiger partial charge in [-0.2, -0.15) is 0 Å². The van der Waals surface area contributed by atoms with Crippen LogP contribution in [0.25, 0.3) is 0 Å². The molecule has 3 rings (SSSR count). The third-order valence-electron chi connectivity index (χ3n) is 3.65. The normalized spacial score (nSPS) is 22.9. The van der Waals surface area contributed by atoms with E-state index in [0.717, 1.165) is 19.4 Å². The topological polar surface area (TPSA) is 72.1 Å². The maximum absolute atomic E-state index is 11.0. The molecule has 3 heterocycles. The Kier molecular flexibility index (Phi) is 3.30. The van der Waals surface area contributed by atoms with Crippen LogP contribution < -0.4 is 0 Å². The highest BCUT2D eigenvalue weighted by molar-refractivity contribution is 5.86. The summed E-state index contributed by atoms with van der Waals surface area (Å²) in [6.45, 7) is 3.42. The number of hydrogen-bond donors (Lipinski definition) is 1. The maximum Gasteiger partial charge on any atom is 0.372 e. The standard InChI is InChI=1S/C13H17NO5/c15-12(16)11-10(2-5-17-11)8-14-4-1-3-13(9-14)18-6-7-19-13/h2,5H,1,3-4,6-9H2,(H,15,16). The number of hydrogen-bond acceptors (Lipinski definition) is 5. The van der Waals surface area contributed by atoms with Crippen molar-refractivity contribution in [3.8, 4) is 0 Å². The summed E-state index contributed by atoms with van der Waals surface area (Å²) in [7, 11) is 0. The fourth-order valence-electron chi connectivity index (χ4n) is 2.83. The average Bonchev–Trinajstić information content (AvgIpc) is 2.99. The Morgan fingerprint density at radius 3 is 2.95 bits per heavy atom. The zero-order valence-electron chi connectivity index (χ0n) is 10.6. The van der Waals surface area contributed by atoms with E-state index in [-0.39, 0.29) is 5.76 Å². The minimum absolute atomic E-state index is 0.0212. The van der Waals surface area contributed by atoms with Gasteiger partial charge in [-0.1, -0.05) is 0 Å². The predicted molar refractivity (Wildman–Crippen MR) is 64.8 cm³/mol. The summed E-state index contributed by atoms with van der Waals surface area (Å²) in [5, 5.41) is 9.03. The first-order valence-electron chi connectivity index (χ1n) is 6.48. The summed E-state index contributed by atoms with van der Waals surface area (Å²) in [5.41, 5.74) is 0.697. The maximum atomic E-state index is 11.0. The van der Waals surface area contributed by atoms with Crippen molar-refractivity contribution in [3.63, 3.8) is 0 Å². The van der Waals surface area contributed by atoms with E-state index >= 15 is 0 Å². The molecule has 2 saturated heterocycles. The van der Waals surface area contributed by atoms with Crippen LogP contribution in [0.4, 0.5) is 0 Å². The van der Waals surface area contributed by atoms with E-state index in [2.05, 4.69) is 4.90 Å². The van der Waals surface area contributed by atoms with Crippen molar-refractivity contribution in [1.29, 1.82) is 0 Å². The number of carboxylic acid groups (broad SMARTS) is 1. The van der Waals surface area contributed by atoms with Gasteiger partial charge in [-0.3, -0.25) is 4.90 Å². The third-order valence-corrected chi connectivity index (χ3v) is 3.65. The Morgan fingerprint density at radius 1 is 1.42 bits per heavy atom. The Labute approximate surface area is 110 Å². The van der Waals surface area contributed by atoms with Crippen LogP contribution in [-0.2, 0) is 16.0 Å². The summed E-state index contributed by atoms with van der Waals surface area (Å²) in [5.74, 6) is -1.49. The van der Waals surface area contributed by atoms with Crippen molar-refractivity contribution in [2.75, 3.05) is 26.3 Å². The highest BCUT2D eigenvalue weighted by Crippen LogP contribution is 2.31. The van der Waals surface area contributed by atoms with Gasteiger partial charge in [0, 0.05) is 18.5 Å².